The van der Waals surface area contributed by atoms with Gasteiger partial charge in [-0.2, -0.15) is 0 Å². The number of amides is 1. The van der Waals surface area contributed by atoms with Gasteiger partial charge in [0.2, 0.25) is 0 Å². The summed E-state index contributed by atoms with van der Waals surface area (Å²) in [6.45, 7) is 0. The van der Waals surface area contributed by atoms with Crippen molar-refractivity contribution in [3.8, 4) is 16.9 Å². The lowest BCUT2D eigenvalue weighted by Gasteiger charge is -2.12. The Bertz CT molecular complexity index is 1030. The molecule has 3 nitrogen and oxygen atoms in total. The molecule has 0 spiro atoms. The molecule has 0 unspecified atom stereocenters. The number of para-hydroxylation sites is 2. The topological polar surface area (TPSA) is 48.0 Å². The van der Waals surface area contributed by atoms with Crippen LogP contribution < -0.4 is 5.73 Å². The lowest BCUT2D eigenvalue weighted by Crippen LogP contribution is -2.12. The van der Waals surface area contributed by atoms with Crippen LogP contribution in [0, 0.1) is 0 Å². The monoisotopic (exact) mass is 384 g/mol. The lowest BCUT2D eigenvalue weighted by molar-refractivity contribution is 0.100. The summed E-state index contributed by atoms with van der Waals surface area (Å²) in [7, 11) is 0. The molecule has 26 heavy (non-hydrogen) atoms. The van der Waals surface area contributed by atoms with E-state index >= 15 is 0 Å². The Kier molecular flexibility index (Phi) is 6.09. The van der Waals surface area contributed by atoms with Crippen LogP contribution in [0.5, 0.6) is 0 Å². The first-order chi connectivity index (χ1) is 11.8. The van der Waals surface area contributed by atoms with Crippen molar-refractivity contribution in [3.05, 3.63) is 90.5 Å². The number of nitrogens with two attached hydrogens (primary N) is 1. The van der Waals surface area contributed by atoms with Crippen molar-refractivity contribution in [2.75, 3.05) is 0 Å². The second kappa shape index (κ2) is 8.09. The number of nitrogens with zero attached hydrogens (tertiary/aromatic N) is 1. The van der Waals surface area contributed by atoms with Gasteiger partial charge in [-0.05, 0) is 23.8 Å². The predicted molar refractivity (Wildman–Crippen MR) is 112 cm³/mol. The molecule has 4 rings (SSSR count). The zero-order valence-corrected chi connectivity index (χ0v) is 15.5. The van der Waals surface area contributed by atoms with Crippen molar-refractivity contribution in [3.63, 3.8) is 0 Å². The summed E-state index contributed by atoms with van der Waals surface area (Å²) in [6, 6.07) is 27.8. The summed E-state index contributed by atoms with van der Waals surface area (Å²) < 4.78 is 2.10. The van der Waals surface area contributed by atoms with Crippen molar-refractivity contribution in [2.45, 2.75) is 0 Å². The standard InChI is InChI=1S/C21H16N2O.2ClH/c22-21(24)19-17-13-7-8-14-18(17)23(16-11-5-2-6-12-16)20(19)15-9-3-1-4-10-15;;/h1-14H,(H2,22,24);2*1H. The maximum absolute atomic E-state index is 12.3. The van der Waals surface area contributed by atoms with Crippen LogP contribution in [0.3, 0.4) is 0 Å². The Hall–Kier alpha value is -2.75. The van der Waals surface area contributed by atoms with Gasteiger partial charge in [0.05, 0.1) is 16.8 Å². The maximum Gasteiger partial charge on any atom is 0.251 e. The third-order valence-corrected chi connectivity index (χ3v) is 4.18. The summed E-state index contributed by atoms with van der Waals surface area (Å²) in [5.41, 5.74) is 10.1. The summed E-state index contributed by atoms with van der Waals surface area (Å²) >= 11 is 0. The van der Waals surface area contributed by atoms with Crippen LogP contribution in [0.1, 0.15) is 10.4 Å². The number of hydrogen-bond donors (Lipinski definition) is 1. The van der Waals surface area contributed by atoms with Gasteiger partial charge >= 0.3 is 0 Å². The van der Waals surface area contributed by atoms with Crippen molar-refractivity contribution in [1.82, 2.24) is 4.57 Å². The van der Waals surface area contributed by atoms with Crippen molar-refractivity contribution in [1.29, 1.82) is 0 Å². The number of halogens is 2. The highest BCUT2D eigenvalue weighted by atomic mass is 35.5. The van der Waals surface area contributed by atoms with Crippen LogP contribution in [0.15, 0.2) is 84.9 Å². The minimum absolute atomic E-state index is 0. The fourth-order valence-electron chi connectivity index (χ4n) is 3.20. The average molecular weight is 385 g/mol. The van der Waals surface area contributed by atoms with Crippen molar-refractivity contribution < 1.29 is 4.79 Å². The Balaban J connectivity index is 0.00000121. The second-order valence-corrected chi connectivity index (χ2v) is 5.64. The number of hydrogen-bond acceptors (Lipinski definition) is 1. The first-order valence-corrected chi connectivity index (χ1v) is 7.81. The molecule has 0 aliphatic heterocycles. The molecule has 0 radical (unpaired) electrons. The van der Waals surface area contributed by atoms with Crippen LogP contribution in [0.4, 0.5) is 0 Å². The van der Waals surface area contributed by atoms with E-state index in [1.54, 1.807) is 0 Å². The van der Waals surface area contributed by atoms with Gasteiger partial charge in [0.25, 0.3) is 5.91 Å². The van der Waals surface area contributed by atoms with Crippen molar-refractivity contribution >= 4 is 41.6 Å². The molecule has 0 saturated heterocycles. The molecule has 0 aliphatic carbocycles. The molecule has 3 aromatic carbocycles. The largest absolute Gasteiger partial charge is 0.366 e. The molecule has 132 valence electrons. The second-order valence-electron chi connectivity index (χ2n) is 5.64. The smallest absolute Gasteiger partial charge is 0.251 e. The van der Waals surface area contributed by atoms with E-state index in [2.05, 4.69) is 4.57 Å². The number of primary amides is 1. The average Bonchev–Trinajstić information content (AvgIpc) is 2.98. The zero-order chi connectivity index (χ0) is 16.5. The molecule has 0 atom stereocenters. The van der Waals surface area contributed by atoms with E-state index in [0.717, 1.165) is 27.8 Å². The Labute approximate surface area is 164 Å². The van der Waals surface area contributed by atoms with E-state index in [1.807, 2.05) is 84.9 Å². The Morgan fingerprint density at radius 2 is 1.27 bits per heavy atom. The molecular formula is C21H18Cl2N2O. The molecule has 0 fully saturated rings. The first kappa shape index (κ1) is 19.6. The van der Waals surface area contributed by atoms with Crippen LogP contribution in [0.2, 0.25) is 0 Å². The number of aromatic nitrogens is 1. The molecule has 5 heteroatoms. The quantitative estimate of drug-likeness (QED) is 0.515. The van der Waals surface area contributed by atoms with Crippen molar-refractivity contribution in [2.24, 2.45) is 5.73 Å². The van der Waals surface area contributed by atoms with Gasteiger partial charge in [-0.1, -0.05) is 66.7 Å². The zero-order valence-electron chi connectivity index (χ0n) is 13.8. The van der Waals surface area contributed by atoms with Gasteiger partial charge in [-0.15, -0.1) is 24.8 Å². The molecule has 0 bridgehead atoms. The molecule has 1 amide bonds. The van der Waals surface area contributed by atoms with E-state index in [9.17, 15) is 4.79 Å². The van der Waals surface area contributed by atoms with Crippen LogP contribution in [0.25, 0.3) is 27.8 Å². The number of benzene rings is 3. The third kappa shape index (κ3) is 3.19. The Morgan fingerprint density at radius 3 is 1.88 bits per heavy atom. The van der Waals surface area contributed by atoms with Gasteiger partial charge in [0.1, 0.15) is 0 Å². The molecule has 0 aliphatic rings. The van der Waals surface area contributed by atoms with Gasteiger partial charge in [-0.3, -0.25) is 4.79 Å². The number of carbonyl (C=O) groups excluding carboxylic acids is 1. The minimum Gasteiger partial charge on any atom is -0.366 e. The summed E-state index contributed by atoms with van der Waals surface area (Å²) in [5, 5.41) is 0.868. The summed E-state index contributed by atoms with van der Waals surface area (Å²) in [5.74, 6) is -0.417. The van der Waals surface area contributed by atoms with E-state index < -0.39 is 5.91 Å². The number of rotatable bonds is 3. The molecule has 1 heterocycles. The van der Waals surface area contributed by atoms with Crippen LogP contribution in [-0.2, 0) is 0 Å². The molecule has 0 saturated carbocycles. The first-order valence-electron chi connectivity index (χ1n) is 7.81. The minimum atomic E-state index is -0.417. The highest BCUT2D eigenvalue weighted by molar-refractivity contribution is 6.12. The molecule has 1 aromatic heterocycles. The van der Waals surface area contributed by atoms with Gasteiger partial charge < -0.3 is 10.3 Å². The Morgan fingerprint density at radius 1 is 0.731 bits per heavy atom. The fraction of sp³-hybridized carbons (Fsp3) is 0. The SMILES string of the molecule is Cl.Cl.NC(=O)c1c(-c2ccccc2)n(-c2ccccc2)c2ccccc12. The molecular weight excluding hydrogens is 367 g/mol. The van der Waals surface area contributed by atoms with Crippen LogP contribution in [-0.4, -0.2) is 10.5 Å². The number of carbonyl (C=O) groups is 1. The van der Waals surface area contributed by atoms with E-state index in [4.69, 9.17) is 5.73 Å². The normalized spacial score (nSPS) is 10.0. The predicted octanol–water partition coefficient (Wildman–Crippen LogP) is 5.24. The van der Waals surface area contributed by atoms with Gasteiger partial charge in [-0.25, -0.2) is 0 Å². The third-order valence-electron chi connectivity index (χ3n) is 4.18. The molecule has 4 aromatic rings. The number of fused-ring (bicyclic) bond motifs is 1. The van der Waals surface area contributed by atoms with Crippen LogP contribution >= 0.6 is 24.8 Å². The van der Waals surface area contributed by atoms with E-state index in [1.165, 1.54) is 0 Å². The highest BCUT2D eigenvalue weighted by Gasteiger charge is 2.22. The van der Waals surface area contributed by atoms with E-state index in [0.29, 0.717) is 5.56 Å². The fourth-order valence-corrected chi connectivity index (χ4v) is 3.20. The van der Waals surface area contributed by atoms with Gasteiger partial charge in [0.15, 0.2) is 0 Å². The highest BCUT2D eigenvalue weighted by Crippen LogP contribution is 2.36. The van der Waals surface area contributed by atoms with E-state index in [-0.39, 0.29) is 24.8 Å². The molecule has 2 N–H and O–H groups in total. The maximum atomic E-state index is 12.3. The lowest BCUT2D eigenvalue weighted by atomic mass is 10.0. The summed E-state index contributed by atoms with van der Waals surface area (Å²) in [6.07, 6.45) is 0. The van der Waals surface area contributed by atoms with Gasteiger partial charge in [0, 0.05) is 11.1 Å². The summed E-state index contributed by atoms with van der Waals surface area (Å²) in [4.78, 5) is 12.3.